The van der Waals surface area contributed by atoms with E-state index in [2.05, 4.69) is 10.1 Å². The summed E-state index contributed by atoms with van der Waals surface area (Å²) in [6.07, 6.45) is 1.11. The molecule has 24 heavy (non-hydrogen) atoms. The Labute approximate surface area is 138 Å². The fraction of sp³-hybridized carbons (Fsp3) is 0.353. The summed E-state index contributed by atoms with van der Waals surface area (Å²) in [6.45, 7) is -1.09. The second-order valence-corrected chi connectivity index (χ2v) is 5.43. The summed E-state index contributed by atoms with van der Waals surface area (Å²) in [6, 6.07) is 8.99. The minimum atomic E-state index is -2.87. The predicted molar refractivity (Wildman–Crippen MR) is 82.7 cm³/mol. The molecule has 0 bridgehead atoms. The van der Waals surface area contributed by atoms with Crippen LogP contribution in [0.2, 0.25) is 0 Å². The zero-order chi connectivity index (χ0) is 17.5. The highest BCUT2D eigenvalue weighted by Gasteiger charge is 2.16. The van der Waals surface area contributed by atoms with Gasteiger partial charge in [-0.05, 0) is 36.8 Å². The smallest absolute Gasteiger partial charge is 0.387 e. The van der Waals surface area contributed by atoms with Crippen LogP contribution in [0.25, 0.3) is 0 Å². The number of hydrogen-bond acceptors (Lipinski definition) is 4. The van der Waals surface area contributed by atoms with Gasteiger partial charge >= 0.3 is 6.61 Å². The van der Waals surface area contributed by atoms with Crippen molar-refractivity contribution in [1.82, 2.24) is 5.32 Å². The van der Waals surface area contributed by atoms with E-state index in [1.807, 2.05) is 0 Å². The number of ether oxygens (including phenoxy) is 1. The number of furan rings is 1. The van der Waals surface area contributed by atoms with E-state index in [-0.39, 0.29) is 24.1 Å². The molecule has 0 aliphatic heterocycles. The largest absolute Gasteiger partial charge is 0.467 e. The molecule has 1 amide bonds. The van der Waals surface area contributed by atoms with Gasteiger partial charge in [-0.25, -0.2) is 0 Å². The summed E-state index contributed by atoms with van der Waals surface area (Å²) in [5.41, 5.74) is 0.674. The van der Waals surface area contributed by atoms with Crippen LogP contribution >= 0.6 is 0 Å². The third-order valence-electron chi connectivity index (χ3n) is 3.37. The fourth-order valence-corrected chi connectivity index (χ4v) is 2.29. The molecule has 2 aromatic rings. The average molecular weight is 339 g/mol. The van der Waals surface area contributed by atoms with Crippen molar-refractivity contribution in [1.29, 1.82) is 0 Å². The van der Waals surface area contributed by atoms with Gasteiger partial charge in [0.25, 0.3) is 0 Å². The first kappa shape index (κ1) is 17.9. The molecule has 0 fully saturated rings. The van der Waals surface area contributed by atoms with Crippen LogP contribution in [0.3, 0.4) is 0 Å². The zero-order valence-corrected chi connectivity index (χ0v) is 13.1. The lowest BCUT2D eigenvalue weighted by molar-refractivity contribution is -0.121. The maximum absolute atomic E-state index is 12.1. The number of halogens is 2. The van der Waals surface area contributed by atoms with Crippen molar-refractivity contribution in [3.05, 3.63) is 54.0 Å². The Morgan fingerprint density at radius 3 is 2.58 bits per heavy atom. The Balaban J connectivity index is 1.79. The highest BCUT2D eigenvalue weighted by molar-refractivity contribution is 5.78. The van der Waals surface area contributed by atoms with Gasteiger partial charge in [-0.3, -0.25) is 4.79 Å². The highest BCUT2D eigenvalue weighted by Crippen LogP contribution is 2.19. The summed E-state index contributed by atoms with van der Waals surface area (Å²) in [4.78, 5) is 12.0. The molecule has 1 aromatic carbocycles. The lowest BCUT2D eigenvalue weighted by Gasteiger charge is -2.16. The SMILES string of the molecule is CC(CC(O)c1ccco1)NC(=O)Cc1ccc(OC(F)F)cc1. The minimum absolute atomic E-state index is 0.0455. The third-order valence-corrected chi connectivity index (χ3v) is 3.37. The van der Waals surface area contributed by atoms with Crippen LogP contribution in [-0.2, 0) is 11.2 Å². The molecule has 0 spiro atoms. The third kappa shape index (κ3) is 5.66. The number of hydrogen-bond donors (Lipinski definition) is 2. The van der Waals surface area contributed by atoms with Crippen LogP contribution < -0.4 is 10.1 Å². The zero-order valence-electron chi connectivity index (χ0n) is 13.1. The van der Waals surface area contributed by atoms with Crippen LogP contribution in [0.5, 0.6) is 5.75 Å². The first-order chi connectivity index (χ1) is 11.4. The minimum Gasteiger partial charge on any atom is -0.467 e. The molecule has 0 saturated heterocycles. The van der Waals surface area contributed by atoms with E-state index in [1.165, 1.54) is 18.4 Å². The molecule has 2 N–H and O–H groups in total. The Morgan fingerprint density at radius 2 is 2.00 bits per heavy atom. The maximum Gasteiger partial charge on any atom is 0.387 e. The Bertz CT molecular complexity index is 629. The molecule has 1 aromatic heterocycles. The molecular formula is C17H19F2NO4. The van der Waals surface area contributed by atoms with E-state index in [9.17, 15) is 18.7 Å². The van der Waals surface area contributed by atoms with Crippen molar-refractivity contribution in [3.8, 4) is 5.75 Å². The van der Waals surface area contributed by atoms with Crippen molar-refractivity contribution in [3.63, 3.8) is 0 Å². The number of rotatable bonds is 8. The van der Waals surface area contributed by atoms with Gasteiger partial charge in [0.1, 0.15) is 17.6 Å². The number of nitrogens with one attached hydrogen (secondary N) is 1. The number of benzene rings is 1. The molecule has 2 unspecified atom stereocenters. The van der Waals surface area contributed by atoms with Gasteiger partial charge in [-0.1, -0.05) is 12.1 Å². The van der Waals surface area contributed by atoms with Crippen LogP contribution in [-0.4, -0.2) is 23.7 Å². The summed E-state index contributed by atoms with van der Waals surface area (Å²) in [7, 11) is 0. The quantitative estimate of drug-likeness (QED) is 0.775. The molecule has 2 atom stereocenters. The van der Waals surface area contributed by atoms with Crippen LogP contribution in [0.15, 0.2) is 47.1 Å². The molecule has 0 radical (unpaired) electrons. The number of amides is 1. The van der Waals surface area contributed by atoms with E-state index < -0.39 is 12.7 Å². The van der Waals surface area contributed by atoms with Gasteiger partial charge in [0.15, 0.2) is 0 Å². The van der Waals surface area contributed by atoms with Gasteiger partial charge in [0.05, 0.1) is 12.7 Å². The summed E-state index contributed by atoms with van der Waals surface area (Å²) >= 11 is 0. The van der Waals surface area contributed by atoms with Gasteiger partial charge < -0.3 is 19.6 Å². The lowest BCUT2D eigenvalue weighted by Crippen LogP contribution is -2.34. The molecule has 7 heteroatoms. The molecule has 2 rings (SSSR count). The Kier molecular flexibility index (Phi) is 6.31. The van der Waals surface area contributed by atoms with Crippen LogP contribution in [0, 0.1) is 0 Å². The number of carbonyl (C=O) groups excluding carboxylic acids is 1. The lowest BCUT2D eigenvalue weighted by atomic mass is 10.1. The molecule has 0 aliphatic carbocycles. The molecule has 5 nitrogen and oxygen atoms in total. The van der Waals surface area contributed by atoms with E-state index in [4.69, 9.17) is 4.42 Å². The van der Waals surface area contributed by atoms with Gasteiger partial charge in [0.2, 0.25) is 5.91 Å². The van der Waals surface area contributed by atoms with E-state index in [0.29, 0.717) is 17.7 Å². The number of carbonyl (C=O) groups is 1. The second kappa shape index (κ2) is 8.44. The Morgan fingerprint density at radius 1 is 1.29 bits per heavy atom. The fourth-order valence-electron chi connectivity index (χ4n) is 2.29. The van der Waals surface area contributed by atoms with Crippen molar-refractivity contribution >= 4 is 5.91 Å². The standard InChI is InChI=1S/C17H19F2NO4/c1-11(9-14(21)15-3-2-8-23-15)20-16(22)10-12-4-6-13(7-5-12)24-17(18)19/h2-8,11,14,17,21H,9-10H2,1H3,(H,20,22). The molecule has 0 saturated carbocycles. The number of alkyl halides is 2. The second-order valence-electron chi connectivity index (χ2n) is 5.43. The topological polar surface area (TPSA) is 71.7 Å². The number of aliphatic hydroxyl groups excluding tert-OH is 1. The van der Waals surface area contributed by atoms with Gasteiger partial charge in [-0.15, -0.1) is 0 Å². The van der Waals surface area contributed by atoms with Gasteiger partial charge in [0, 0.05) is 12.5 Å². The maximum atomic E-state index is 12.1. The molecule has 130 valence electrons. The van der Waals surface area contributed by atoms with Crippen molar-refractivity contribution in [2.24, 2.45) is 0 Å². The normalized spacial score (nSPS) is 13.5. The van der Waals surface area contributed by atoms with Crippen molar-refractivity contribution in [2.45, 2.75) is 38.5 Å². The van der Waals surface area contributed by atoms with Gasteiger partial charge in [-0.2, -0.15) is 8.78 Å². The molecule has 1 heterocycles. The van der Waals surface area contributed by atoms with Crippen LogP contribution in [0.4, 0.5) is 8.78 Å². The summed E-state index contributed by atoms with van der Waals surface area (Å²) < 4.78 is 33.5. The summed E-state index contributed by atoms with van der Waals surface area (Å²) in [5.74, 6) is 0.270. The van der Waals surface area contributed by atoms with Crippen molar-refractivity contribution < 1.29 is 27.8 Å². The van der Waals surface area contributed by atoms with E-state index >= 15 is 0 Å². The van der Waals surface area contributed by atoms with E-state index in [0.717, 1.165) is 0 Å². The number of aliphatic hydroxyl groups is 1. The summed E-state index contributed by atoms with van der Waals surface area (Å²) in [5, 5.41) is 12.7. The van der Waals surface area contributed by atoms with Crippen LogP contribution in [0.1, 0.15) is 30.8 Å². The monoisotopic (exact) mass is 339 g/mol. The molecular weight excluding hydrogens is 320 g/mol. The predicted octanol–water partition coefficient (Wildman–Crippen LogP) is 3.05. The first-order valence-corrected chi connectivity index (χ1v) is 7.48. The van der Waals surface area contributed by atoms with Crippen molar-refractivity contribution in [2.75, 3.05) is 0 Å². The first-order valence-electron chi connectivity index (χ1n) is 7.48. The highest BCUT2D eigenvalue weighted by atomic mass is 19.3. The Hall–Kier alpha value is -2.41. The average Bonchev–Trinajstić information content (AvgIpc) is 3.02. The van der Waals surface area contributed by atoms with E-state index in [1.54, 1.807) is 31.2 Å². The molecule has 0 aliphatic rings.